The molecule has 0 unspecified atom stereocenters. The molecule has 2 heterocycles. The summed E-state index contributed by atoms with van der Waals surface area (Å²) < 4.78 is 27.5. The second kappa shape index (κ2) is 4.45. The summed E-state index contributed by atoms with van der Waals surface area (Å²) in [6.45, 7) is 5.74. The highest BCUT2D eigenvalue weighted by atomic mass is 32.2. The lowest BCUT2D eigenvalue weighted by atomic mass is 10.2. The lowest BCUT2D eigenvalue weighted by Gasteiger charge is -2.26. The molecule has 2 rings (SSSR count). The van der Waals surface area contributed by atoms with Gasteiger partial charge in [0.1, 0.15) is 6.04 Å². The summed E-state index contributed by atoms with van der Waals surface area (Å²) in [5.41, 5.74) is 0.413. The Morgan fingerprint density at radius 2 is 2.06 bits per heavy atom. The number of hydrogen-bond acceptors (Lipinski definition) is 5. The number of rotatable bonds is 3. The smallest absolute Gasteiger partial charge is 0.306 e. The van der Waals surface area contributed by atoms with Gasteiger partial charge in [0.2, 0.25) is 0 Å². The molecule has 18 heavy (non-hydrogen) atoms. The summed E-state index contributed by atoms with van der Waals surface area (Å²) in [6, 6.07) is -0.232. The molecule has 0 saturated carbocycles. The van der Waals surface area contributed by atoms with Crippen LogP contribution in [0, 0.1) is 5.92 Å². The van der Waals surface area contributed by atoms with Gasteiger partial charge >= 0.3 is 10.1 Å². The van der Waals surface area contributed by atoms with Gasteiger partial charge in [0, 0.05) is 5.75 Å². The normalized spacial score (nSPS) is 28.3. The van der Waals surface area contributed by atoms with Crippen molar-refractivity contribution in [3.05, 3.63) is 11.3 Å². The second-order valence-electron chi connectivity index (χ2n) is 4.97. The molecule has 7 heteroatoms. The lowest BCUT2D eigenvalue weighted by molar-refractivity contribution is -0.127. The maximum Gasteiger partial charge on any atom is 0.306 e. The Morgan fingerprint density at radius 3 is 2.56 bits per heavy atom. The zero-order valence-electron chi connectivity index (χ0n) is 10.8. The van der Waals surface area contributed by atoms with E-state index in [1.165, 1.54) is 0 Å². The van der Waals surface area contributed by atoms with Crippen LogP contribution in [0.5, 0.6) is 0 Å². The minimum atomic E-state index is -3.59. The number of hydrogen-bond donors (Lipinski definition) is 0. The number of thioether (sulfide) groups is 1. The summed E-state index contributed by atoms with van der Waals surface area (Å²) in [5.74, 6) is 1.21. The van der Waals surface area contributed by atoms with E-state index in [1.54, 1.807) is 23.6 Å². The maximum atomic E-state index is 12.2. The van der Waals surface area contributed by atoms with Crippen molar-refractivity contribution in [3.8, 4) is 0 Å². The van der Waals surface area contributed by atoms with Crippen molar-refractivity contribution < 1.29 is 17.4 Å². The van der Waals surface area contributed by atoms with E-state index in [2.05, 4.69) is 13.8 Å². The van der Waals surface area contributed by atoms with Gasteiger partial charge in [0.25, 0.3) is 5.91 Å². The van der Waals surface area contributed by atoms with E-state index in [0.717, 1.165) is 6.26 Å². The maximum absolute atomic E-state index is 12.2. The average molecular weight is 291 g/mol. The molecule has 5 nitrogen and oxygen atoms in total. The van der Waals surface area contributed by atoms with Gasteiger partial charge < -0.3 is 9.08 Å². The zero-order chi connectivity index (χ0) is 13.7. The van der Waals surface area contributed by atoms with Gasteiger partial charge in [-0.1, -0.05) is 13.8 Å². The Labute approximate surface area is 112 Å². The van der Waals surface area contributed by atoms with Crippen molar-refractivity contribution in [3.63, 3.8) is 0 Å². The standard InChI is InChI=1S/C11H17NO4S2/c1-6(2)11-12-8(5-17-11)9(7(3)10(12)13)16-18(4,14)15/h6,8,11H,5H2,1-4H3/t8-,11-/m1/s1. The van der Waals surface area contributed by atoms with Crippen LogP contribution in [0.1, 0.15) is 20.8 Å². The quantitative estimate of drug-likeness (QED) is 0.731. The summed E-state index contributed by atoms with van der Waals surface area (Å²) >= 11 is 1.67. The monoisotopic (exact) mass is 291 g/mol. The van der Waals surface area contributed by atoms with E-state index < -0.39 is 10.1 Å². The third-order valence-corrected chi connectivity index (χ3v) is 5.18. The number of carbonyl (C=O) groups excluding carboxylic acids is 1. The summed E-state index contributed by atoms with van der Waals surface area (Å²) in [4.78, 5) is 13.9. The summed E-state index contributed by atoms with van der Waals surface area (Å²) in [7, 11) is -3.59. The highest BCUT2D eigenvalue weighted by Gasteiger charge is 2.48. The van der Waals surface area contributed by atoms with Crippen molar-refractivity contribution >= 4 is 27.8 Å². The predicted molar refractivity (Wildman–Crippen MR) is 70.3 cm³/mol. The Kier molecular flexibility index (Phi) is 3.40. The van der Waals surface area contributed by atoms with Crippen molar-refractivity contribution in [1.82, 2.24) is 4.90 Å². The van der Waals surface area contributed by atoms with Gasteiger partial charge in [-0.15, -0.1) is 11.8 Å². The van der Waals surface area contributed by atoms with E-state index in [9.17, 15) is 13.2 Å². The van der Waals surface area contributed by atoms with E-state index in [1.807, 2.05) is 0 Å². The van der Waals surface area contributed by atoms with E-state index in [0.29, 0.717) is 23.0 Å². The second-order valence-corrected chi connectivity index (χ2v) is 7.70. The predicted octanol–water partition coefficient (Wildman–Crippen LogP) is 1.18. The molecular formula is C11H17NO4S2. The molecule has 0 aromatic heterocycles. The first-order chi connectivity index (χ1) is 8.22. The number of carbonyl (C=O) groups is 1. The van der Waals surface area contributed by atoms with Crippen LogP contribution in [0.25, 0.3) is 0 Å². The van der Waals surface area contributed by atoms with Crippen LogP contribution in [0.15, 0.2) is 11.3 Å². The molecule has 0 spiro atoms. The van der Waals surface area contributed by atoms with E-state index in [4.69, 9.17) is 4.18 Å². The fraction of sp³-hybridized carbons (Fsp3) is 0.727. The topological polar surface area (TPSA) is 63.7 Å². The van der Waals surface area contributed by atoms with Crippen LogP contribution in [-0.4, -0.2) is 42.6 Å². The number of fused-ring (bicyclic) bond motifs is 1. The molecule has 2 aliphatic rings. The van der Waals surface area contributed by atoms with E-state index >= 15 is 0 Å². The SMILES string of the molecule is CC1=C(OS(C)(=O)=O)[C@H]2CS[C@H](C(C)C)N2C1=O. The minimum absolute atomic E-state index is 0.0955. The summed E-state index contributed by atoms with van der Waals surface area (Å²) in [6.07, 6.45) is 1.00. The van der Waals surface area contributed by atoms with Crippen LogP contribution >= 0.6 is 11.8 Å². The van der Waals surface area contributed by atoms with Crippen LogP contribution in [0.3, 0.4) is 0 Å². The lowest BCUT2D eigenvalue weighted by Crippen LogP contribution is -2.39. The first-order valence-corrected chi connectivity index (χ1v) is 8.63. The molecule has 0 aromatic carbocycles. The first kappa shape index (κ1) is 13.7. The van der Waals surface area contributed by atoms with Gasteiger partial charge in [0.15, 0.2) is 5.76 Å². The molecule has 0 aliphatic carbocycles. The fourth-order valence-electron chi connectivity index (χ4n) is 2.33. The molecule has 1 fully saturated rings. The molecule has 0 aromatic rings. The van der Waals surface area contributed by atoms with Gasteiger partial charge in [-0.05, 0) is 12.8 Å². The van der Waals surface area contributed by atoms with Crippen molar-refractivity contribution in [2.24, 2.45) is 5.92 Å². The minimum Gasteiger partial charge on any atom is -0.384 e. The molecule has 0 bridgehead atoms. The van der Waals surface area contributed by atoms with Gasteiger partial charge in [-0.25, -0.2) is 0 Å². The largest absolute Gasteiger partial charge is 0.384 e. The molecule has 1 saturated heterocycles. The Bertz CT molecular complexity index is 509. The molecule has 0 N–H and O–H groups in total. The van der Waals surface area contributed by atoms with Crippen LogP contribution in [0.4, 0.5) is 0 Å². The van der Waals surface area contributed by atoms with Crippen LogP contribution in [-0.2, 0) is 19.1 Å². The number of nitrogens with zero attached hydrogens (tertiary/aromatic N) is 1. The third-order valence-electron chi connectivity index (χ3n) is 3.07. The molecule has 1 amide bonds. The zero-order valence-corrected chi connectivity index (χ0v) is 12.5. The average Bonchev–Trinajstić information content (AvgIpc) is 2.73. The Morgan fingerprint density at radius 1 is 1.44 bits per heavy atom. The van der Waals surface area contributed by atoms with Gasteiger partial charge in [-0.2, -0.15) is 8.42 Å². The molecule has 0 radical (unpaired) electrons. The fourth-order valence-corrected chi connectivity index (χ4v) is 4.37. The Balaban J connectivity index is 2.32. The van der Waals surface area contributed by atoms with Crippen LogP contribution in [0.2, 0.25) is 0 Å². The van der Waals surface area contributed by atoms with Crippen molar-refractivity contribution in [1.29, 1.82) is 0 Å². The highest BCUT2D eigenvalue weighted by molar-refractivity contribution is 8.00. The molecule has 102 valence electrons. The third kappa shape index (κ3) is 2.25. The van der Waals surface area contributed by atoms with Crippen molar-refractivity contribution in [2.45, 2.75) is 32.2 Å². The van der Waals surface area contributed by atoms with Crippen LogP contribution < -0.4 is 0 Å². The summed E-state index contributed by atoms with van der Waals surface area (Å²) in [5, 5.41) is 0.0955. The highest BCUT2D eigenvalue weighted by Crippen LogP contribution is 2.42. The van der Waals surface area contributed by atoms with Gasteiger partial charge in [-0.3, -0.25) is 4.79 Å². The van der Waals surface area contributed by atoms with Gasteiger partial charge in [0.05, 0.1) is 17.2 Å². The molecular weight excluding hydrogens is 274 g/mol. The van der Waals surface area contributed by atoms with Crippen molar-refractivity contribution in [2.75, 3.05) is 12.0 Å². The van der Waals surface area contributed by atoms with E-state index in [-0.39, 0.29) is 17.3 Å². The Hall–Kier alpha value is -0.690. The number of amides is 1. The molecule has 2 atom stereocenters. The first-order valence-electron chi connectivity index (χ1n) is 5.77. The molecule has 2 aliphatic heterocycles.